The summed E-state index contributed by atoms with van der Waals surface area (Å²) in [4.78, 5) is 15.2. The summed E-state index contributed by atoms with van der Waals surface area (Å²) in [6, 6.07) is 3.95. The number of ether oxygens (including phenoxy) is 1. The molecule has 0 radical (unpaired) electrons. The van der Waals surface area contributed by atoms with Crippen LogP contribution < -0.4 is 9.64 Å². The Hall–Kier alpha value is -1.53. The minimum Gasteiger partial charge on any atom is -0.496 e. The van der Waals surface area contributed by atoms with Crippen LogP contribution in [0.4, 0.5) is 5.82 Å². The number of aryl methyl sites for hydroxylation is 1. The first-order valence-corrected chi connectivity index (χ1v) is 10.0. The lowest BCUT2D eigenvalue weighted by atomic mass is 10.0. The molecule has 1 amide bonds. The Labute approximate surface area is 157 Å². The third-order valence-electron chi connectivity index (χ3n) is 4.80. The van der Waals surface area contributed by atoms with Gasteiger partial charge in [-0.2, -0.15) is 5.10 Å². The SMILES string of the molecule is COc1ccsc1CN(C(=O)CCl)c1cc(CC2CCCC2)nn1C. The number of rotatable bonds is 7. The monoisotopic (exact) mass is 381 g/mol. The van der Waals surface area contributed by atoms with Crippen LogP contribution in [-0.4, -0.2) is 28.7 Å². The van der Waals surface area contributed by atoms with Crippen molar-refractivity contribution in [1.29, 1.82) is 0 Å². The molecule has 1 aliphatic carbocycles. The molecule has 1 saturated carbocycles. The Bertz CT molecular complexity index is 722. The van der Waals surface area contributed by atoms with Crippen molar-refractivity contribution < 1.29 is 9.53 Å². The second-order valence-corrected chi connectivity index (χ2v) is 7.77. The van der Waals surface area contributed by atoms with Gasteiger partial charge < -0.3 is 4.74 Å². The van der Waals surface area contributed by atoms with Gasteiger partial charge in [0.05, 0.1) is 24.2 Å². The van der Waals surface area contributed by atoms with Crippen LogP contribution in [0.5, 0.6) is 5.75 Å². The zero-order valence-corrected chi connectivity index (χ0v) is 16.3. The highest BCUT2D eigenvalue weighted by molar-refractivity contribution is 7.10. The topological polar surface area (TPSA) is 47.4 Å². The van der Waals surface area contributed by atoms with Crippen molar-refractivity contribution in [1.82, 2.24) is 9.78 Å². The standard InChI is InChI=1S/C18H24ClN3O2S/c1-21-17(10-14(20-21)9-13-5-3-4-6-13)22(18(23)11-19)12-16-15(24-2)7-8-25-16/h7-8,10,13H,3-6,9,11-12H2,1-2H3. The van der Waals surface area contributed by atoms with Gasteiger partial charge in [0.25, 0.3) is 0 Å². The lowest BCUT2D eigenvalue weighted by Gasteiger charge is -2.21. The normalized spacial score (nSPS) is 14.8. The number of nitrogens with zero attached hydrogens (tertiary/aromatic N) is 3. The van der Waals surface area contributed by atoms with E-state index in [9.17, 15) is 4.79 Å². The van der Waals surface area contributed by atoms with Crippen molar-refractivity contribution in [2.75, 3.05) is 17.9 Å². The molecule has 1 aliphatic rings. The Morgan fingerprint density at radius 3 is 2.92 bits per heavy atom. The van der Waals surface area contributed by atoms with E-state index in [-0.39, 0.29) is 11.8 Å². The predicted octanol–water partition coefficient (Wildman–Crippen LogP) is 3.99. The highest BCUT2D eigenvalue weighted by atomic mass is 35.5. The fourth-order valence-electron chi connectivity index (χ4n) is 3.52. The van der Waals surface area contributed by atoms with Gasteiger partial charge in [0.2, 0.25) is 5.91 Å². The van der Waals surface area contributed by atoms with Crippen LogP contribution in [0.3, 0.4) is 0 Å². The molecule has 0 spiro atoms. The Morgan fingerprint density at radius 1 is 1.48 bits per heavy atom. The van der Waals surface area contributed by atoms with Crippen molar-refractivity contribution in [2.24, 2.45) is 13.0 Å². The summed E-state index contributed by atoms with van der Waals surface area (Å²) in [6.07, 6.45) is 6.18. The van der Waals surface area contributed by atoms with E-state index in [0.717, 1.165) is 34.5 Å². The Morgan fingerprint density at radius 2 is 2.24 bits per heavy atom. The maximum atomic E-state index is 12.5. The zero-order valence-electron chi connectivity index (χ0n) is 14.7. The van der Waals surface area contributed by atoms with Crippen LogP contribution in [0.1, 0.15) is 36.3 Å². The van der Waals surface area contributed by atoms with Crippen LogP contribution >= 0.6 is 22.9 Å². The third-order valence-corrected chi connectivity index (χ3v) is 5.91. The molecule has 0 saturated heterocycles. The van der Waals surface area contributed by atoms with E-state index in [1.807, 2.05) is 24.6 Å². The summed E-state index contributed by atoms with van der Waals surface area (Å²) in [5, 5.41) is 6.60. The number of thiophene rings is 1. The van der Waals surface area contributed by atoms with Gasteiger partial charge >= 0.3 is 0 Å². The molecule has 136 valence electrons. The first-order valence-electron chi connectivity index (χ1n) is 8.62. The van der Waals surface area contributed by atoms with Crippen LogP contribution in [-0.2, 0) is 24.8 Å². The van der Waals surface area contributed by atoms with E-state index >= 15 is 0 Å². The molecule has 1 fully saturated rings. The lowest BCUT2D eigenvalue weighted by molar-refractivity contribution is -0.116. The summed E-state index contributed by atoms with van der Waals surface area (Å²) in [5.41, 5.74) is 1.05. The first kappa shape index (κ1) is 18.3. The maximum Gasteiger partial charge on any atom is 0.243 e. The molecule has 3 rings (SSSR count). The highest BCUT2D eigenvalue weighted by Crippen LogP contribution is 2.31. The minimum absolute atomic E-state index is 0.0587. The Balaban J connectivity index is 1.83. The predicted molar refractivity (Wildman–Crippen MR) is 102 cm³/mol. The number of amides is 1. The summed E-state index contributed by atoms with van der Waals surface area (Å²) in [5.74, 6) is 2.11. The molecule has 25 heavy (non-hydrogen) atoms. The smallest absolute Gasteiger partial charge is 0.243 e. The van der Waals surface area contributed by atoms with Crippen molar-refractivity contribution in [3.8, 4) is 5.75 Å². The molecular weight excluding hydrogens is 358 g/mol. The van der Waals surface area contributed by atoms with E-state index in [1.165, 1.54) is 25.7 Å². The van der Waals surface area contributed by atoms with Gasteiger partial charge in [-0.1, -0.05) is 25.7 Å². The van der Waals surface area contributed by atoms with Gasteiger partial charge in [0, 0.05) is 13.1 Å². The molecule has 0 atom stereocenters. The third kappa shape index (κ3) is 4.18. The fourth-order valence-corrected chi connectivity index (χ4v) is 4.49. The van der Waals surface area contributed by atoms with Crippen LogP contribution in [0.25, 0.3) is 0 Å². The van der Waals surface area contributed by atoms with Gasteiger partial charge in [-0.05, 0) is 23.8 Å². The van der Waals surface area contributed by atoms with E-state index in [4.69, 9.17) is 16.3 Å². The lowest BCUT2D eigenvalue weighted by Crippen LogP contribution is -2.32. The van der Waals surface area contributed by atoms with Gasteiger partial charge in [-0.15, -0.1) is 22.9 Å². The van der Waals surface area contributed by atoms with Gasteiger partial charge in [-0.3, -0.25) is 14.4 Å². The first-order chi connectivity index (χ1) is 12.1. The minimum atomic E-state index is -0.132. The average Bonchev–Trinajstić information content (AvgIpc) is 3.34. The molecule has 2 aromatic heterocycles. The molecule has 0 aromatic carbocycles. The maximum absolute atomic E-state index is 12.5. The van der Waals surface area contributed by atoms with E-state index in [0.29, 0.717) is 6.54 Å². The van der Waals surface area contributed by atoms with Crippen molar-refractivity contribution in [3.63, 3.8) is 0 Å². The summed E-state index contributed by atoms with van der Waals surface area (Å²) < 4.78 is 7.16. The summed E-state index contributed by atoms with van der Waals surface area (Å²) in [7, 11) is 3.52. The fraction of sp³-hybridized carbons (Fsp3) is 0.556. The number of carbonyl (C=O) groups is 1. The number of hydrogen-bond donors (Lipinski definition) is 0. The number of methoxy groups -OCH3 is 1. The molecule has 0 N–H and O–H groups in total. The van der Waals surface area contributed by atoms with E-state index in [2.05, 4.69) is 5.10 Å². The van der Waals surface area contributed by atoms with Gasteiger partial charge in [-0.25, -0.2) is 0 Å². The zero-order chi connectivity index (χ0) is 17.8. The van der Waals surface area contributed by atoms with Gasteiger partial charge in [0.1, 0.15) is 17.4 Å². The number of carbonyl (C=O) groups excluding carboxylic acids is 1. The van der Waals surface area contributed by atoms with Crippen molar-refractivity contribution in [2.45, 2.75) is 38.6 Å². The molecule has 7 heteroatoms. The van der Waals surface area contributed by atoms with E-state index in [1.54, 1.807) is 28.0 Å². The number of aromatic nitrogens is 2. The molecule has 2 aromatic rings. The quantitative estimate of drug-likeness (QED) is 0.681. The number of halogens is 1. The molecule has 2 heterocycles. The molecular formula is C18H24ClN3O2S. The van der Waals surface area contributed by atoms with Gasteiger partial charge in [0.15, 0.2) is 0 Å². The van der Waals surface area contributed by atoms with Crippen LogP contribution in [0, 0.1) is 5.92 Å². The molecule has 0 aliphatic heterocycles. The Kier molecular flexibility index (Phi) is 6.02. The highest BCUT2D eigenvalue weighted by Gasteiger charge is 2.23. The molecule has 5 nitrogen and oxygen atoms in total. The number of hydrogen-bond acceptors (Lipinski definition) is 4. The van der Waals surface area contributed by atoms with Crippen LogP contribution in [0.2, 0.25) is 0 Å². The van der Waals surface area contributed by atoms with Crippen molar-refractivity contribution >= 4 is 34.7 Å². The summed E-state index contributed by atoms with van der Waals surface area (Å²) >= 11 is 7.43. The largest absolute Gasteiger partial charge is 0.496 e. The second-order valence-electron chi connectivity index (χ2n) is 6.50. The van der Waals surface area contributed by atoms with Crippen LogP contribution in [0.15, 0.2) is 17.5 Å². The number of alkyl halides is 1. The molecule has 0 unspecified atom stereocenters. The summed E-state index contributed by atoms with van der Waals surface area (Å²) in [6.45, 7) is 0.439. The van der Waals surface area contributed by atoms with Crippen molar-refractivity contribution in [3.05, 3.63) is 28.1 Å². The second kappa shape index (κ2) is 8.23. The number of anilines is 1. The van der Waals surface area contributed by atoms with E-state index < -0.39 is 0 Å². The average molecular weight is 382 g/mol. The molecule has 0 bridgehead atoms.